The molecule has 0 aliphatic heterocycles. The first-order chi connectivity index (χ1) is 9.61. The van der Waals surface area contributed by atoms with Crippen LogP contribution in [0.1, 0.15) is 24.6 Å². The molecule has 0 aliphatic rings. The zero-order chi connectivity index (χ0) is 16.2. The van der Waals surface area contributed by atoms with Gasteiger partial charge in [0.05, 0.1) is 5.56 Å². The van der Waals surface area contributed by atoms with E-state index in [-0.39, 0.29) is 16.8 Å². The molecular formula is C13H19F3N4S. The number of pyridine rings is 1. The number of rotatable bonds is 6. The molecule has 1 aromatic rings. The van der Waals surface area contributed by atoms with Gasteiger partial charge in [-0.3, -0.25) is 0 Å². The molecule has 0 radical (unpaired) electrons. The summed E-state index contributed by atoms with van der Waals surface area (Å²) < 4.78 is 38.2. The molecule has 8 heteroatoms. The predicted octanol–water partition coefficient (Wildman–Crippen LogP) is 2.49. The van der Waals surface area contributed by atoms with Gasteiger partial charge < -0.3 is 16.0 Å². The van der Waals surface area contributed by atoms with Crippen LogP contribution in [0.4, 0.5) is 19.0 Å². The van der Waals surface area contributed by atoms with Gasteiger partial charge in [-0.05, 0) is 46.1 Å². The van der Waals surface area contributed by atoms with Crippen LogP contribution in [-0.2, 0) is 6.18 Å². The highest BCUT2D eigenvalue weighted by atomic mass is 32.1. The molecule has 0 aromatic carbocycles. The molecule has 4 nitrogen and oxygen atoms in total. The van der Waals surface area contributed by atoms with Crippen molar-refractivity contribution in [1.29, 1.82) is 0 Å². The predicted molar refractivity (Wildman–Crippen MR) is 81.4 cm³/mol. The Morgan fingerprint density at radius 3 is 2.52 bits per heavy atom. The van der Waals surface area contributed by atoms with Crippen molar-refractivity contribution in [2.24, 2.45) is 5.73 Å². The summed E-state index contributed by atoms with van der Waals surface area (Å²) in [6.45, 7) is 2.67. The molecule has 0 saturated heterocycles. The fourth-order valence-electron chi connectivity index (χ4n) is 1.68. The smallest absolute Gasteiger partial charge is 0.389 e. The summed E-state index contributed by atoms with van der Waals surface area (Å²) in [5.74, 6) is 0.0728. The molecule has 1 atom stereocenters. The van der Waals surface area contributed by atoms with Gasteiger partial charge >= 0.3 is 6.18 Å². The van der Waals surface area contributed by atoms with Crippen LogP contribution in [0, 0.1) is 0 Å². The Morgan fingerprint density at radius 2 is 2.05 bits per heavy atom. The quantitative estimate of drug-likeness (QED) is 0.789. The van der Waals surface area contributed by atoms with Crippen molar-refractivity contribution in [1.82, 2.24) is 9.88 Å². The van der Waals surface area contributed by atoms with E-state index in [4.69, 9.17) is 18.0 Å². The molecule has 0 bridgehead atoms. The van der Waals surface area contributed by atoms with E-state index in [1.807, 2.05) is 25.9 Å². The van der Waals surface area contributed by atoms with Crippen LogP contribution in [-0.4, -0.2) is 41.6 Å². The Balaban J connectivity index is 2.99. The average molecular weight is 320 g/mol. The monoisotopic (exact) mass is 320 g/mol. The van der Waals surface area contributed by atoms with Crippen LogP contribution in [0.5, 0.6) is 0 Å². The molecule has 3 N–H and O–H groups in total. The molecule has 1 heterocycles. The molecule has 0 amide bonds. The Labute approximate surface area is 127 Å². The summed E-state index contributed by atoms with van der Waals surface area (Å²) in [7, 11) is 3.85. The van der Waals surface area contributed by atoms with Gasteiger partial charge in [-0.1, -0.05) is 12.2 Å². The third kappa shape index (κ3) is 5.47. The number of halogens is 3. The van der Waals surface area contributed by atoms with Gasteiger partial charge in [0.1, 0.15) is 16.5 Å². The van der Waals surface area contributed by atoms with Crippen LogP contribution < -0.4 is 11.1 Å². The van der Waals surface area contributed by atoms with Crippen molar-refractivity contribution in [3.05, 3.63) is 23.4 Å². The van der Waals surface area contributed by atoms with Gasteiger partial charge in [0.25, 0.3) is 0 Å². The molecule has 21 heavy (non-hydrogen) atoms. The van der Waals surface area contributed by atoms with Crippen molar-refractivity contribution in [2.45, 2.75) is 25.6 Å². The molecule has 118 valence electrons. The first-order valence-electron chi connectivity index (χ1n) is 6.40. The number of hydrogen-bond acceptors (Lipinski definition) is 4. The lowest BCUT2D eigenvalue weighted by atomic mass is 10.2. The van der Waals surface area contributed by atoms with E-state index in [1.165, 1.54) is 6.07 Å². The SMILES string of the molecule is CC(CCN(C)C)Nc1nc(C(F)(F)F)ccc1C(N)=S. The van der Waals surface area contributed by atoms with Crippen molar-refractivity contribution in [3.63, 3.8) is 0 Å². The third-order valence-corrected chi connectivity index (χ3v) is 3.06. The number of nitrogens with zero attached hydrogens (tertiary/aromatic N) is 2. The lowest BCUT2D eigenvalue weighted by Crippen LogP contribution is -2.25. The highest BCUT2D eigenvalue weighted by Gasteiger charge is 2.33. The van der Waals surface area contributed by atoms with Gasteiger partial charge in [-0.2, -0.15) is 13.2 Å². The molecule has 1 aromatic heterocycles. The summed E-state index contributed by atoms with van der Waals surface area (Å²) in [6, 6.07) is 2.07. The fourth-order valence-corrected chi connectivity index (χ4v) is 1.85. The fraction of sp³-hybridized carbons (Fsp3) is 0.538. The summed E-state index contributed by atoms with van der Waals surface area (Å²) in [6.07, 6.45) is -3.75. The van der Waals surface area contributed by atoms with E-state index in [9.17, 15) is 13.2 Å². The number of nitrogens with two attached hydrogens (primary N) is 1. The second-order valence-corrected chi connectivity index (χ2v) is 5.53. The zero-order valence-corrected chi connectivity index (χ0v) is 13.0. The Kier molecular flexibility index (Phi) is 5.91. The van der Waals surface area contributed by atoms with Gasteiger partial charge in [-0.25, -0.2) is 4.98 Å². The Morgan fingerprint density at radius 1 is 1.43 bits per heavy atom. The number of alkyl halides is 3. The maximum Gasteiger partial charge on any atom is 0.433 e. The lowest BCUT2D eigenvalue weighted by Gasteiger charge is -2.19. The first kappa shape index (κ1) is 17.6. The largest absolute Gasteiger partial charge is 0.433 e. The number of aromatic nitrogens is 1. The molecule has 1 unspecified atom stereocenters. The minimum atomic E-state index is -4.50. The summed E-state index contributed by atoms with van der Waals surface area (Å²) in [4.78, 5) is 5.62. The number of hydrogen-bond donors (Lipinski definition) is 2. The maximum atomic E-state index is 12.7. The zero-order valence-electron chi connectivity index (χ0n) is 12.2. The highest BCUT2D eigenvalue weighted by Crippen LogP contribution is 2.29. The van der Waals surface area contributed by atoms with E-state index in [2.05, 4.69) is 10.3 Å². The van der Waals surface area contributed by atoms with E-state index in [0.717, 1.165) is 19.0 Å². The van der Waals surface area contributed by atoms with E-state index in [0.29, 0.717) is 5.56 Å². The second kappa shape index (κ2) is 7.04. The highest BCUT2D eigenvalue weighted by molar-refractivity contribution is 7.80. The molecule has 0 spiro atoms. The van der Waals surface area contributed by atoms with Crippen LogP contribution in [0.3, 0.4) is 0 Å². The molecule has 1 rings (SSSR count). The summed E-state index contributed by atoms with van der Waals surface area (Å²) >= 11 is 4.85. The van der Waals surface area contributed by atoms with Crippen molar-refractivity contribution >= 4 is 23.0 Å². The Bertz CT molecular complexity index is 503. The minimum Gasteiger partial charge on any atom is -0.389 e. The minimum absolute atomic E-state index is 0.0125. The van der Waals surface area contributed by atoms with Crippen LogP contribution in [0.15, 0.2) is 12.1 Å². The summed E-state index contributed by atoms with van der Waals surface area (Å²) in [5, 5.41) is 2.95. The Hall–Kier alpha value is -1.41. The van der Waals surface area contributed by atoms with Gasteiger partial charge in [0.2, 0.25) is 0 Å². The van der Waals surface area contributed by atoms with Crippen molar-refractivity contribution in [2.75, 3.05) is 26.0 Å². The normalized spacial score (nSPS) is 13.3. The molecule has 0 aliphatic carbocycles. The lowest BCUT2D eigenvalue weighted by molar-refractivity contribution is -0.141. The van der Waals surface area contributed by atoms with Crippen LogP contribution in [0.2, 0.25) is 0 Å². The number of thiocarbonyl (C=S) groups is 1. The third-order valence-electron chi connectivity index (χ3n) is 2.84. The number of nitrogens with one attached hydrogen (secondary N) is 1. The average Bonchev–Trinajstić information content (AvgIpc) is 2.34. The van der Waals surface area contributed by atoms with E-state index in [1.54, 1.807) is 0 Å². The molecular weight excluding hydrogens is 301 g/mol. The van der Waals surface area contributed by atoms with Gasteiger partial charge in [-0.15, -0.1) is 0 Å². The number of anilines is 1. The molecule has 0 saturated carbocycles. The van der Waals surface area contributed by atoms with Crippen molar-refractivity contribution in [3.8, 4) is 0 Å². The van der Waals surface area contributed by atoms with Gasteiger partial charge in [0, 0.05) is 6.04 Å². The van der Waals surface area contributed by atoms with E-state index < -0.39 is 11.9 Å². The van der Waals surface area contributed by atoms with Crippen LogP contribution in [0.25, 0.3) is 0 Å². The van der Waals surface area contributed by atoms with Gasteiger partial charge in [0.15, 0.2) is 0 Å². The second-order valence-electron chi connectivity index (χ2n) is 5.09. The first-order valence-corrected chi connectivity index (χ1v) is 6.81. The summed E-state index contributed by atoms with van der Waals surface area (Å²) in [5.41, 5.74) is 4.88. The van der Waals surface area contributed by atoms with Crippen LogP contribution >= 0.6 is 12.2 Å². The maximum absolute atomic E-state index is 12.7. The standard InChI is InChI=1S/C13H19F3N4S/c1-8(6-7-20(2)3)18-12-9(11(17)21)4-5-10(19-12)13(14,15)16/h4-5,8H,6-7H2,1-3H3,(H2,17,21)(H,18,19). The van der Waals surface area contributed by atoms with E-state index >= 15 is 0 Å². The van der Waals surface area contributed by atoms with Crippen molar-refractivity contribution < 1.29 is 13.2 Å². The topological polar surface area (TPSA) is 54.2 Å². The molecule has 0 fully saturated rings.